The standard InChI is InChI=1S/C17H27N5O10S/c1-33-3-2-8(15(29)22-10(17(31)32)5-11(19)23)20-16(30)9(6-13(26)27)21-14(28)7(18)4-12(24)25/h7-10H,2-6,18H2,1H3,(H2,19,23)(H,20,30)(H,21,28)(H,22,29)(H,24,25)(H,26,27)(H,31,32). The summed E-state index contributed by atoms with van der Waals surface area (Å²) < 4.78 is 0. The van der Waals surface area contributed by atoms with Gasteiger partial charge in [0.05, 0.1) is 25.3 Å². The maximum absolute atomic E-state index is 12.6. The van der Waals surface area contributed by atoms with Crippen molar-refractivity contribution in [2.24, 2.45) is 11.5 Å². The highest BCUT2D eigenvalue weighted by molar-refractivity contribution is 7.98. The molecule has 33 heavy (non-hydrogen) atoms. The van der Waals surface area contributed by atoms with Gasteiger partial charge in [-0.15, -0.1) is 0 Å². The molecule has 15 nitrogen and oxygen atoms in total. The summed E-state index contributed by atoms with van der Waals surface area (Å²) >= 11 is 1.29. The average molecular weight is 493 g/mol. The van der Waals surface area contributed by atoms with Gasteiger partial charge in [0.25, 0.3) is 0 Å². The maximum atomic E-state index is 12.6. The molecule has 0 bridgehead atoms. The van der Waals surface area contributed by atoms with Gasteiger partial charge in [-0.2, -0.15) is 11.8 Å². The van der Waals surface area contributed by atoms with E-state index in [-0.39, 0.29) is 6.42 Å². The van der Waals surface area contributed by atoms with Crippen molar-refractivity contribution in [1.29, 1.82) is 0 Å². The van der Waals surface area contributed by atoms with Crippen LogP contribution in [0.2, 0.25) is 0 Å². The molecule has 0 aliphatic carbocycles. The second kappa shape index (κ2) is 14.6. The Labute approximate surface area is 192 Å². The van der Waals surface area contributed by atoms with Crippen molar-refractivity contribution >= 4 is 53.3 Å². The summed E-state index contributed by atoms with van der Waals surface area (Å²) in [6.07, 6.45) is -0.700. The van der Waals surface area contributed by atoms with E-state index in [1.165, 1.54) is 11.8 Å². The van der Waals surface area contributed by atoms with E-state index in [4.69, 9.17) is 26.8 Å². The lowest BCUT2D eigenvalue weighted by Gasteiger charge is -2.24. The highest BCUT2D eigenvalue weighted by Crippen LogP contribution is 2.05. The lowest BCUT2D eigenvalue weighted by Crippen LogP contribution is -2.58. The first-order chi connectivity index (χ1) is 15.3. The molecule has 10 N–H and O–H groups in total. The Kier molecular flexibility index (Phi) is 13.1. The van der Waals surface area contributed by atoms with E-state index >= 15 is 0 Å². The van der Waals surface area contributed by atoms with Crippen LogP contribution < -0.4 is 27.4 Å². The van der Waals surface area contributed by atoms with Gasteiger partial charge in [0.15, 0.2) is 0 Å². The van der Waals surface area contributed by atoms with Crippen LogP contribution in [0.15, 0.2) is 0 Å². The van der Waals surface area contributed by atoms with E-state index in [0.717, 1.165) is 0 Å². The number of amides is 4. The number of carboxylic acids is 3. The number of nitrogens with two attached hydrogens (primary N) is 2. The molecule has 0 saturated carbocycles. The van der Waals surface area contributed by atoms with Crippen LogP contribution in [0.5, 0.6) is 0 Å². The fraction of sp³-hybridized carbons (Fsp3) is 0.588. The van der Waals surface area contributed by atoms with Crippen molar-refractivity contribution < 1.29 is 48.9 Å². The normalized spacial score (nSPS) is 14.1. The monoisotopic (exact) mass is 493 g/mol. The van der Waals surface area contributed by atoms with E-state index in [9.17, 15) is 33.6 Å². The van der Waals surface area contributed by atoms with Gasteiger partial charge in [-0.3, -0.25) is 28.8 Å². The minimum Gasteiger partial charge on any atom is -0.481 e. The lowest BCUT2D eigenvalue weighted by molar-refractivity contribution is -0.144. The second-order valence-electron chi connectivity index (χ2n) is 6.78. The molecule has 0 rings (SSSR count). The molecule has 0 aromatic heterocycles. The SMILES string of the molecule is CSCCC(NC(=O)C(CC(=O)O)NC(=O)C(N)CC(=O)O)C(=O)NC(CC(N)=O)C(=O)O. The highest BCUT2D eigenvalue weighted by atomic mass is 32.2. The van der Waals surface area contributed by atoms with Gasteiger partial charge in [-0.25, -0.2) is 4.79 Å². The van der Waals surface area contributed by atoms with E-state index in [0.29, 0.717) is 5.75 Å². The quantitative estimate of drug-likeness (QED) is 0.104. The van der Waals surface area contributed by atoms with Crippen LogP contribution in [-0.2, 0) is 33.6 Å². The summed E-state index contributed by atoms with van der Waals surface area (Å²) in [4.78, 5) is 81.2. The number of rotatable bonds is 16. The van der Waals surface area contributed by atoms with Gasteiger partial charge in [0, 0.05) is 0 Å². The number of aliphatic carboxylic acids is 3. The Morgan fingerprint density at radius 3 is 1.70 bits per heavy atom. The van der Waals surface area contributed by atoms with Gasteiger partial charge >= 0.3 is 17.9 Å². The fourth-order valence-corrected chi connectivity index (χ4v) is 2.87. The van der Waals surface area contributed by atoms with Crippen molar-refractivity contribution in [1.82, 2.24) is 16.0 Å². The topological polar surface area (TPSA) is 268 Å². The van der Waals surface area contributed by atoms with Gasteiger partial charge in [0.1, 0.15) is 18.1 Å². The number of thioether (sulfide) groups is 1. The van der Waals surface area contributed by atoms with Crippen molar-refractivity contribution in [3.05, 3.63) is 0 Å². The smallest absolute Gasteiger partial charge is 0.326 e. The van der Waals surface area contributed by atoms with Gasteiger partial charge in [-0.1, -0.05) is 0 Å². The third-order valence-corrected chi connectivity index (χ3v) is 4.65. The molecule has 4 unspecified atom stereocenters. The van der Waals surface area contributed by atoms with Crippen LogP contribution in [0, 0.1) is 0 Å². The van der Waals surface area contributed by atoms with Crippen LogP contribution in [0.4, 0.5) is 0 Å². The molecular formula is C17H27N5O10S. The summed E-state index contributed by atoms with van der Waals surface area (Å²) in [7, 11) is 0. The van der Waals surface area contributed by atoms with Gasteiger partial charge in [0.2, 0.25) is 23.6 Å². The fourth-order valence-electron chi connectivity index (χ4n) is 2.39. The molecule has 0 aliphatic rings. The largest absolute Gasteiger partial charge is 0.481 e. The summed E-state index contributed by atoms with van der Waals surface area (Å²) in [5.74, 6) is -8.27. The first kappa shape index (κ1) is 29.6. The molecule has 0 fully saturated rings. The zero-order chi connectivity index (χ0) is 25.7. The second-order valence-corrected chi connectivity index (χ2v) is 7.76. The molecule has 16 heteroatoms. The highest BCUT2D eigenvalue weighted by Gasteiger charge is 2.32. The Morgan fingerprint density at radius 2 is 1.24 bits per heavy atom. The summed E-state index contributed by atoms with van der Waals surface area (Å²) in [5, 5.41) is 33.2. The zero-order valence-corrected chi connectivity index (χ0v) is 18.4. The summed E-state index contributed by atoms with van der Waals surface area (Å²) in [6.45, 7) is 0. The molecule has 0 saturated heterocycles. The molecule has 0 aliphatic heterocycles. The van der Waals surface area contributed by atoms with Crippen molar-refractivity contribution in [3.63, 3.8) is 0 Å². The minimum atomic E-state index is -1.71. The Morgan fingerprint density at radius 1 is 0.758 bits per heavy atom. The summed E-state index contributed by atoms with van der Waals surface area (Å²) in [6, 6.07) is -6.28. The molecule has 0 aromatic carbocycles. The number of carbonyl (C=O) groups is 7. The van der Waals surface area contributed by atoms with Gasteiger partial charge < -0.3 is 42.7 Å². The van der Waals surface area contributed by atoms with Crippen LogP contribution in [0.3, 0.4) is 0 Å². The van der Waals surface area contributed by atoms with Crippen LogP contribution in [0.25, 0.3) is 0 Å². The number of nitrogens with one attached hydrogen (secondary N) is 3. The van der Waals surface area contributed by atoms with Crippen LogP contribution in [0.1, 0.15) is 25.7 Å². The molecule has 0 radical (unpaired) electrons. The lowest BCUT2D eigenvalue weighted by atomic mass is 10.1. The number of carbonyl (C=O) groups excluding carboxylic acids is 4. The Bertz CT molecular complexity index is 777. The molecule has 0 aromatic rings. The van der Waals surface area contributed by atoms with Gasteiger partial charge in [-0.05, 0) is 18.4 Å². The van der Waals surface area contributed by atoms with Crippen LogP contribution in [-0.4, -0.2) is 93.0 Å². The first-order valence-electron chi connectivity index (χ1n) is 9.38. The van der Waals surface area contributed by atoms with E-state index in [1.54, 1.807) is 6.26 Å². The molecule has 186 valence electrons. The predicted molar refractivity (Wildman–Crippen MR) is 113 cm³/mol. The average Bonchev–Trinajstić information content (AvgIpc) is 2.68. The Balaban J connectivity index is 5.51. The molecule has 0 heterocycles. The molecule has 0 spiro atoms. The van der Waals surface area contributed by atoms with Crippen LogP contribution >= 0.6 is 11.8 Å². The number of hydrogen-bond acceptors (Lipinski definition) is 9. The molecule has 4 amide bonds. The van der Waals surface area contributed by atoms with E-state index < -0.39 is 85.0 Å². The number of carboxylic acid groups (broad SMARTS) is 3. The van der Waals surface area contributed by atoms with E-state index in [2.05, 4.69) is 10.6 Å². The third-order valence-electron chi connectivity index (χ3n) is 4.01. The number of hydrogen-bond donors (Lipinski definition) is 8. The predicted octanol–water partition coefficient (Wildman–Crippen LogP) is -3.57. The van der Waals surface area contributed by atoms with E-state index in [1.807, 2.05) is 5.32 Å². The minimum absolute atomic E-state index is 0.00604. The molecular weight excluding hydrogens is 466 g/mol. The Hall–Kier alpha value is -3.40. The van der Waals surface area contributed by atoms with Crippen molar-refractivity contribution in [3.8, 4) is 0 Å². The number of primary amides is 1. The van der Waals surface area contributed by atoms with Crippen molar-refractivity contribution in [2.75, 3.05) is 12.0 Å². The maximum Gasteiger partial charge on any atom is 0.326 e. The molecule has 4 atom stereocenters. The first-order valence-corrected chi connectivity index (χ1v) is 10.8. The van der Waals surface area contributed by atoms with Crippen molar-refractivity contribution in [2.45, 2.75) is 49.9 Å². The zero-order valence-electron chi connectivity index (χ0n) is 17.6. The third kappa shape index (κ3) is 12.3. The summed E-state index contributed by atoms with van der Waals surface area (Å²) in [5.41, 5.74) is 10.4.